The number of halogens is 1. The third kappa shape index (κ3) is 4.70. The van der Waals surface area contributed by atoms with Crippen molar-refractivity contribution in [3.05, 3.63) is 41.7 Å². The molecule has 2 aliphatic heterocycles. The van der Waals surface area contributed by atoms with Gasteiger partial charge in [0.2, 0.25) is 11.8 Å². The summed E-state index contributed by atoms with van der Waals surface area (Å²) in [6.07, 6.45) is 4.70. The second kappa shape index (κ2) is 9.19. The number of amides is 2. The molecule has 6 nitrogen and oxygen atoms in total. The van der Waals surface area contributed by atoms with Gasteiger partial charge in [0.05, 0.1) is 6.33 Å². The van der Waals surface area contributed by atoms with Crippen molar-refractivity contribution in [3.63, 3.8) is 0 Å². The largest absolute Gasteiger partial charge is 0.489 e. The predicted octanol–water partition coefficient (Wildman–Crippen LogP) is 2.38. The summed E-state index contributed by atoms with van der Waals surface area (Å²) in [6.45, 7) is 0.274. The molecule has 152 valence electrons. The Bertz CT molecular complexity index is 721. The van der Waals surface area contributed by atoms with E-state index in [1.807, 2.05) is 29.2 Å². The molecule has 0 spiro atoms. The monoisotopic (exact) mass is 389 g/mol. The molecular weight excluding hydrogens is 361 g/mol. The zero-order valence-electron chi connectivity index (χ0n) is 16.0. The zero-order chi connectivity index (χ0) is 20.1. The fourth-order valence-electron chi connectivity index (χ4n) is 4.36. The first-order valence-corrected chi connectivity index (χ1v) is 9.82. The Morgan fingerprint density at radius 3 is 2.32 bits per heavy atom. The maximum absolute atomic E-state index is 12.6. The van der Waals surface area contributed by atoms with Crippen molar-refractivity contribution in [1.29, 1.82) is 0 Å². The van der Waals surface area contributed by atoms with E-state index in [0.29, 0.717) is 23.6 Å². The minimum Gasteiger partial charge on any atom is -0.489 e. The summed E-state index contributed by atoms with van der Waals surface area (Å²) in [5.41, 5.74) is 12.2. The first-order chi connectivity index (χ1) is 13.5. The molecule has 1 aromatic rings. The van der Waals surface area contributed by atoms with Crippen molar-refractivity contribution in [3.8, 4) is 5.75 Å². The van der Waals surface area contributed by atoms with Crippen LogP contribution in [0.25, 0.3) is 0 Å². The Morgan fingerprint density at radius 1 is 1.14 bits per heavy atom. The molecule has 0 saturated carbocycles. The van der Waals surface area contributed by atoms with E-state index in [4.69, 9.17) is 16.2 Å². The lowest BCUT2D eigenvalue weighted by atomic mass is 9.85. The predicted molar refractivity (Wildman–Crippen MR) is 104 cm³/mol. The summed E-state index contributed by atoms with van der Waals surface area (Å²) in [7, 11) is 0. The van der Waals surface area contributed by atoms with E-state index in [2.05, 4.69) is 0 Å². The van der Waals surface area contributed by atoms with Crippen molar-refractivity contribution in [2.24, 2.45) is 11.5 Å². The van der Waals surface area contributed by atoms with Crippen LogP contribution in [0.15, 0.2) is 36.2 Å². The summed E-state index contributed by atoms with van der Waals surface area (Å²) >= 11 is 0. The number of primary amides is 1. The van der Waals surface area contributed by atoms with E-state index in [1.54, 1.807) is 0 Å². The SMILES string of the molecule is NC/C(=C\F)COc1ccc(C2CC3CC[C@H](C2)N3C(=O)CCC(N)=O)cc1. The van der Waals surface area contributed by atoms with Crippen LogP contribution in [0.3, 0.4) is 0 Å². The Morgan fingerprint density at radius 2 is 1.79 bits per heavy atom. The van der Waals surface area contributed by atoms with Crippen LogP contribution < -0.4 is 16.2 Å². The van der Waals surface area contributed by atoms with Crippen LogP contribution >= 0.6 is 0 Å². The van der Waals surface area contributed by atoms with E-state index in [0.717, 1.165) is 25.7 Å². The summed E-state index contributed by atoms with van der Waals surface area (Å²) < 4.78 is 18.1. The number of hydrogen-bond donors (Lipinski definition) is 2. The maximum atomic E-state index is 12.6. The number of ether oxygens (including phenoxy) is 1. The molecule has 2 heterocycles. The minimum atomic E-state index is -0.432. The minimum absolute atomic E-state index is 0.0464. The second-order valence-electron chi connectivity index (χ2n) is 7.65. The number of nitrogens with zero attached hydrogens (tertiary/aromatic N) is 1. The summed E-state index contributed by atoms with van der Waals surface area (Å²) in [4.78, 5) is 25.4. The second-order valence-corrected chi connectivity index (χ2v) is 7.65. The van der Waals surface area contributed by atoms with Gasteiger partial charge in [0, 0.05) is 37.0 Å². The van der Waals surface area contributed by atoms with Gasteiger partial charge in [-0.3, -0.25) is 9.59 Å². The van der Waals surface area contributed by atoms with Gasteiger partial charge in [0.25, 0.3) is 0 Å². The third-order valence-electron chi connectivity index (χ3n) is 5.80. The quantitative estimate of drug-likeness (QED) is 0.713. The van der Waals surface area contributed by atoms with E-state index in [-0.39, 0.29) is 44.0 Å². The van der Waals surface area contributed by atoms with Gasteiger partial charge in [-0.05, 0) is 49.3 Å². The number of nitrogens with two attached hydrogens (primary N) is 2. The molecular formula is C21H28FN3O3. The Kier molecular flexibility index (Phi) is 6.67. The number of piperidine rings is 1. The normalized spacial score (nSPS) is 24.3. The highest BCUT2D eigenvalue weighted by atomic mass is 19.1. The van der Waals surface area contributed by atoms with E-state index in [1.165, 1.54) is 5.56 Å². The molecule has 2 fully saturated rings. The van der Waals surface area contributed by atoms with Crippen LogP contribution in [-0.4, -0.2) is 41.9 Å². The lowest BCUT2D eigenvalue weighted by Crippen LogP contribution is -2.46. The highest BCUT2D eigenvalue weighted by Crippen LogP contribution is 2.43. The van der Waals surface area contributed by atoms with Crippen LogP contribution in [0.1, 0.15) is 50.0 Å². The molecule has 3 rings (SSSR count). The third-order valence-corrected chi connectivity index (χ3v) is 5.80. The Hall–Kier alpha value is -2.41. The molecule has 0 radical (unpaired) electrons. The van der Waals surface area contributed by atoms with Crippen molar-refractivity contribution < 1.29 is 18.7 Å². The van der Waals surface area contributed by atoms with Gasteiger partial charge in [-0.1, -0.05) is 12.1 Å². The van der Waals surface area contributed by atoms with E-state index >= 15 is 0 Å². The van der Waals surface area contributed by atoms with Gasteiger partial charge < -0.3 is 21.1 Å². The number of carbonyl (C=O) groups excluding carboxylic acids is 2. The van der Waals surface area contributed by atoms with Gasteiger partial charge in [0.1, 0.15) is 12.4 Å². The van der Waals surface area contributed by atoms with Crippen molar-refractivity contribution in [2.75, 3.05) is 13.2 Å². The molecule has 0 aromatic heterocycles. The zero-order valence-corrected chi connectivity index (χ0v) is 16.0. The molecule has 4 N–H and O–H groups in total. The lowest BCUT2D eigenvalue weighted by molar-refractivity contribution is -0.137. The molecule has 2 bridgehead atoms. The van der Waals surface area contributed by atoms with Gasteiger partial charge >= 0.3 is 0 Å². The average Bonchev–Trinajstić information content (AvgIpc) is 2.97. The first-order valence-electron chi connectivity index (χ1n) is 9.82. The first kappa shape index (κ1) is 20.3. The highest BCUT2D eigenvalue weighted by molar-refractivity contribution is 5.83. The number of benzene rings is 1. The standard InChI is InChI=1S/C21H28FN3O3/c22-11-14(12-23)13-28-19-5-1-15(2-6-19)16-9-17-3-4-18(10-16)25(17)21(27)8-7-20(24)26/h1-2,5-6,11,16-18H,3-4,7-10,12-13,23H2,(H2,24,26)/b14-11+/t16?,17-,18?/m1/s1. The van der Waals surface area contributed by atoms with Crippen LogP contribution in [0.2, 0.25) is 0 Å². The van der Waals surface area contributed by atoms with Crippen molar-refractivity contribution in [1.82, 2.24) is 4.90 Å². The number of fused-ring (bicyclic) bond motifs is 2. The fourth-order valence-corrected chi connectivity index (χ4v) is 4.36. The van der Waals surface area contributed by atoms with Crippen LogP contribution in [0.4, 0.5) is 4.39 Å². The molecule has 0 aliphatic carbocycles. The Balaban J connectivity index is 1.58. The van der Waals surface area contributed by atoms with Crippen LogP contribution in [0, 0.1) is 0 Å². The lowest BCUT2D eigenvalue weighted by Gasteiger charge is -2.39. The molecule has 7 heteroatoms. The van der Waals surface area contributed by atoms with Crippen molar-refractivity contribution in [2.45, 2.75) is 56.5 Å². The van der Waals surface area contributed by atoms with Crippen LogP contribution in [-0.2, 0) is 9.59 Å². The number of rotatable bonds is 8. The molecule has 2 aliphatic rings. The van der Waals surface area contributed by atoms with E-state index < -0.39 is 5.91 Å². The molecule has 28 heavy (non-hydrogen) atoms. The van der Waals surface area contributed by atoms with Gasteiger partial charge in [-0.2, -0.15) is 0 Å². The molecule has 1 aromatic carbocycles. The Labute approximate surface area is 164 Å². The summed E-state index contributed by atoms with van der Waals surface area (Å²) in [6, 6.07) is 8.36. The molecule has 2 unspecified atom stereocenters. The van der Waals surface area contributed by atoms with Crippen molar-refractivity contribution >= 4 is 11.8 Å². The average molecular weight is 389 g/mol. The van der Waals surface area contributed by atoms with Gasteiger partial charge in [0.15, 0.2) is 0 Å². The smallest absolute Gasteiger partial charge is 0.223 e. The summed E-state index contributed by atoms with van der Waals surface area (Å²) in [5, 5.41) is 0. The topological polar surface area (TPSA) is 98.7 Å². The van der Waals surface area contributed by atoms with Crippen LogP contribution in [0.5, 0.6) is 5.75 Å². The maximum Gasteiger partial charge on any atom is 0.223 e. The molecule has 2 saturated heterocycles. The molecule has 3 atom stereocenters. The highest BCUT2D eigenvalue weighted by Gasteiger charge is 2.43. The molecule has 2 amide bonds. The van der Waals surface area contributed by atoms with Gasteiger partial charge in [-0.25, -0.2) is 4.39 Å². The summed E-state index contributed by atoms with van der Waals surface area (Å²) in [5.74, 6) is 0.694. The number of carbonyl (C=O) groups is 2. The number of hydrogen-bond acceptors (Lipinski definition) is 4. The fraction of sp³-hybridized carbons (Fsp3) is 0.524. The van der Waals surface area contributed by atoms with Gasteiger partial charge in [-0.15, -0.1) is 0 Å². The van der Waals surface area contributed by atoms with E-state index in [9.17, 15) is 14.0 Å².